The molecular formula is C19H28N2O3. The van der Waals surface area contributed by atoms with E-state index in [0.29, 0.717) is 31.0 Å². The van der Waals surface area contributed by atoms with Crippen molar-refractivity contribution < 1.29 is 14.6 Å². The Kier molecular flexibility index (Phi) is 5.74. The van der Waals surface area contributed by atoms with E-state index in [0.717, 1.165) is 19.5 Å². The summed E-state index contributed by atoms with van der Waals surface area (Å²) in [6.07, 6.45) is 4.08. The van der Waals surface area contributed by atoms with Crippen LogP contribution in [0.5, 0.6) is 5.75 Å². The summed E-state index contributed by atoms with van der Waals surface area (Å²) in [5, 5.41) is 10.5. The van der Waals surface area contributed by atoms with Gasteiger partial charge in [-0.1, -0.05) is 25.5 Å². The summed E-state index contributed by atoms with van der Waals surface area (Å²) in [7, 11) is 0. The second-order valence-corrected chi connectivity index (χ2v) is 6.79. The molecule has 1 aromatic carbocycles. The Morgan fingerprint density at radius 2 is 1.96 bits per heavy atom. The number of amides is 1. The summed E-state index contributed by atoms with van der Waals surface area (Å²) in [4.78, 5) is 17.0. The number of carbonyl (C=O) groups excluding carboxylic acids is 1. The second kappa shape index (κ2) is 7.99. The Morgan fingerprint density at radius 3 is 2.71 bits per heavy atom. The fourth-order valence-electron chi connectivity index (χ4n) is 3.70. The number of aliphatic hydroxyl groups excluding tert-OH is 1. The minimum Gasteiger partial charge on any atom is -0.493 e. The molecular weight excluding hydrogens is 304 g/mol. The van der Waals surface area contributed by atoms with Crippen LogP contribution in [-0.2, 0) is 0 Å². The van der Waals surface area contributed by atoms with Crippen LogP contribution >= 0.6 is 0 Å². The monoisotopic (exact) mass is 332 g/mol. The maximum Gasteiger partial charge on any atom is 0.257 e. The Hall–Kier alpha value is -1.59. The number of nitrogens with zero attached hydrogens (tertiary/aromatic N) is 2. The van der Waals surface area contributed by atoms with Gasteiger partial charge in [-0.15, -0.1) is 0 Å². The number of benzene rings is 1. The van der Waals surface area contributed by atoms with Crippen molar-refractivity contribution in [3.63, 3.8) is 0 Å². The SMILES string of the molecule is CCCOc1ccccc1C(=O)N1CC(O)C(N2CCCCC2)C1. The van der Waals surface area contributed by atoms with Crippen molar-refractivity contribution in [3.8, 4) is 5.75 Å². The van der Waals surface area contributed by atoms with E-state index >= 15 is 0 Å². The minimum absolute atomic E-state index is 0.0414. The third kappa shape index (κ3) is 3.73. The molecule has 132 valence electrons. The third-order valence-electron chi connectivity index (χ3n) is 4.99. The predicted molar refractivity (Wildman–Crippen MR) is 93.4 cm³/mol. The van der Waals surface area contributed by atoms with E-state index in [9.17, 15) is 9.90 Å². The van der Waals surface area contributed by atoms with Crippen LogP contribution in [0.25, 0.3) is 0 Å². The molecule has 2 aliphatic heterocycles. The maximum absolute atomic E-state index is 12.9. The quantitative estimate of drug-likeness (QED) is 0.898. The summed E-state index contributed by atoms with van der Waals surface area (Å²) in [6, 6.07) is 7.47. The van der Waals surface area contributed by atoms with Crippen LogP contribution < -0.4 is 4.74 Å². The number of hydrogen-bond acceptors (Lipinski definition) is 4. The number of rotatable bonds is 5. The fourth-order valence-corrected chi connectivity index (χ4v) is 3.70. The lowest BCUT2D eigenvalue weighted by Crippen LogP contribution is -2.46. The molecule has 2 fully saturated rings. The predicted octanol–water partition coefficient (Wildman–Crippen LogP) is 2.15. The second-order valence-electron chi connectivity index (χ2n) is 6.79. The summed E-state index contributed by atoms with van der Waals surface area (Å²) in [5.41, 5.74) is 0.595. The normalized spacial score (nSPS) is 25.0. The van der Waals surface area contributed by atoms with Crippen molar-refractivity contribution >= 4 is 5.91 Å². The number of aliphatic hydroxyl groups is 1. The van der Waals surface area contributed by atoms with Gasteiger partial charge in [-0.25, -0.2) is 0 Å². The van der Waals surface area contributed by atoms with Gasteiger partial charge in [0.15, 0.2) is 0 Å². The van der Waals surface area contributed by atoms with Crippen LogP contribution in [0.4, 0.5) is 0 Å². The topological polar surface area (TPSA) is 53.0 Å². The molecule has 1 aromatic rings. The van der Waals surface area contributed by atoms with E-state index in [1.165, 1.54) is 19.3 Å². The highest BCUT2D eigenvalue weighted by Gasteiger charge is 2.38. The number of likely N-dealkylation sites (tertiary alicyclic amines) is 2. The van der Waals surface area contributed by atoms with E-state index in [2.05, 4.69) is 4.90 Å². The van der Waals surface area contributed by atoms with Crippen LogP contribution in [0.1, 0.15) is 43.0 Å². The third-order valence-corrected chi connectivity index (χ3v) is 4.99. The fraction of sp³-hybridized carbons (Fsp3) is 0.632. The van der Waals surface area contributed by atoms with Crippen molar-refractivity contribution in [1.82, 2.24) is 9.80 Å². The van der Waals surface area contributed by atoms with Gasteiger partial charge in [-0.05, 0) is 44.5 Å². The van der Waals surface area contributed by atoms with Gasteiger partial charge in [0.25, 0.3) is 5.91 Å². The largest absolute Gasteiger partial charge is 0.493 e. The number of para-hydroxylation sites is 1. The van der Waals surface area contributed by atoms with Gasteiger partial charge in [0, 0.05) is 13.1 Å². The first-order chi connectivity index (χ1) is 11.7. The zero-order valence-electron chi connectivity index (χ0n) is 14.5. The van der Waals surface area contributed by atoms with E-state index in [1.807, 2.05) is 31.2 Å². The number of hydrogen-bond donors (Lipinski definition) is 1. The van der Waals surface area contributed by atoms with Crippen molar-refractivity contribution in [1.29, 1.82) is 0 Å². The first kappa shape index (κ1) is 17.2. The van der Waals surface area contributed by atoms with E-state index < -0.39 is 6.10 Å². The van der Waals surface area contributed by atoms with Gasteiger partial charge < -0.3 is 14.7 Å². The average Bonchev–Trinajstić information content (AvgIpc) is 3.02. The van der Waals surface area contributed by atoms with Crippen LogP contribution in [0.2, 0.25) is 0 Å². The summed E-state index contributed by atoms with van der Waals surface area (Å²) < 4.78 is 5.72. The lowest BCUT2D eigenvalue weighted by Gasteiger charge is -2.33. The Bertz CT molecular complexity index is 557. The highest BCUT2D eigenvalue weighted by molar-refractivity contribution is 5.97. The van der Waals surface area contributed by atoms with Crippen molar-refractivity contribution in [2.24, 2.45) is 0 Å². The van der Waals surface area contributed by atoms with Gasteiger partial charge in [0.05, 0.1) is 24.3 Å². The molecule has 1 N–H and O–H groups in total. The highest BCUT2D eigenvalue weighted by Crippen LogP contribution is 2.25. The van der Waals surface area contributed by atoms with Crippen LogP contribution in [0.15, 0.2) is 24.3 Å². The number of ether oxygens (including phenoxy) is 1. The minimum atomic E-state index is -0.462. The van der Waals surface area contributed by atoms with Crippen molar-refractivity contribution in [2.45, 2.75) is 44.8 Å². The first-order valence-corrected chi connectivity index (χ1v) is 9.14. The molecule has 0 radical (unpaired) electrons. The summed E-state index contributed by atoms with van der Waals surface area (Å²) >= 11 is 0. The highest BCUT2D eigenvalue weighted by atomic mass is 16.5. The van der Waals surface area contributed by atoms with Gasteiger partial charge in [-0.3, -0.25) is 9.69 Å². The number of carbonyl (C=O) groups is 1. The zero-order valence-corrected chi connectivity index (χ0v) is 14.5. The number of piperidine rings is 1. The molecule has 2 heterocycles. The molecule has 3 rings (SSSR count). The van der Waals surface area contributed by atoms with Crippen LogP contribution in [0, 0.1) is 0 Å². The lowest BCUT2D eigenvalue weighted by atomic mass is 10.1. The smallest absolute Gasteiger partial charge is 0.257 e. The molecule has 2 saturated heterocycles. The molecule has 2 aliphatic rings. The molecule has 2 atom stereocenters. The molecule has 1 amide bonds. The molecule has 24 heavy (non-hydrogen) atoms. The van der Waals surface area contributed by atoms with E-state index in [1.54, 1.807) is 4.90 Å². The Morgan fingerprint density at radius 1 is 1.21 bits per heavy atom. The molecule has 0 aliphatic carbocycles. The van der Waals surface area contributed by atoms with Gasteiger partial charge >= 0.3 is 0 Å². The van der Waals surface area contributed by atoms with Gasteiger partial charge in [-0.2, -0.15) is 0 Å². The summed E-state index contributed by atoms with van der Waals surface area (Å²) in [6.45, 7) is 5.71. The summed E-state index contributed by atoms with van der Waals surface area (Å²) in [5.74, 6) is 0.598. The molecule has 0 saturated carbocycles. The van der Waals surface area contributed by atoms with E-state index in [4.69, 9.17) is 4.74 Å². The molecule has 0 spiro atoms. The van der Waals surface area contributed by atoms with Gasteiger partial charge in [0.2, 0.25) is 0 Å². The van der Waals surface area contributed by atoms with E-state index in [-0.39, 0.29) is 11.9 Å². The molecule has 5 heteroatoms. The Balaban J connectivity index is 1.69. The maximum atomic E-state index is 12.9. The molecule has 2 unspecified atom stereocenters. The van der Waals surface area contributed by atoms with Crippen LogP contribution in [0.3, 0.4) is 0 Å². The van der Waals surface area contributed by atoms with Crippen molar-refractivity contribution in [3.05, 3.63) is 29.8 Å². The van der Waals surface area contributed by atoms with Gasteiger partial charge in [0.1, 0.15) is 5.75 Å². The molecule has 5 nitrogen and oxygen atoms in total. The average molecular weight is 332 g/mol. The molecule has 0 aromatic heterocycles. The lowest BCUT2D eigenvalue weighted by molar-refractivity contribution is 0.0702. The molecule has 0 bridgehead atoms. The first-order valence-electron chi connectivity index (χ1n) is 9.14. The Labute approximate surface area is 144 Å². The zero-order chi connectivity index (χ0) is 16.9. The number of β-amino-alcohol motifs (C(OH)–C–C–N with tert-alkyl or cyclic N) is 1. The van der Waals surface area contributed by atoms with Crippen LogP contribution in [-0.4, -0.2) is 65.7 Å². The standard InChI is InChI=1S/C19H28N2O3/c1-2-12-24-18-9-5-4-8-15(18)19(23)21-13-16(17(22)14-21)20-10-6-3-7-11-20/h4-5,8-9,16-17,22H,2-3,6-7,10-14H2,1H3. The van der Waals surface area contributed by atoms with Crippen molar-refractivity contribution in [2.75, 3.05) is 32.8 Å².